The van der Waals surface area contributed by atoms with Gasteiger partial charge in [-0.15, -0.1) is 16.9 Å². The Morgan fingerprint density at radius 2 is 2.16 bits per heavy atom. The van der Waals surface area contributed by atoms with Crippen LogP contribution in [0.1, 0.15) is 11.1 Å². The van der Waals surface area contributed by atoms with Gasteiger partial charge in [-0.1, -0.05) is 6.07 Å². The lowest BCUT2D eigenvalue weighted by atomic mass is 10.1. The van der Waals surface area contributed by atoms with Crippen molar-refractivity contribution in [2.75, 3.05) is 0 Å². The van der Waals surface area contributed by atoms with E-state index in [4.69, 9.17) is 0 Å². The molecule has 0 saturated carbocycles. The Morgan fingerprint density at radius 1 is 1.32 bits per heavy atom. The largest absolute Gasteiger partial charge is 0.215 e. The number of benzene rings is 1. The molecule has 2 heterocycles. The molecule has 1 aromatic carbocycles. The average molecular weight is 278 g/mol. The summed E-state index contributed by atoms with van der Waals surface area (Å²) < 4.78 is 1.66. The summed E-state index contributed by atoms with van der Waals surface area (Å²) in [5.74, 6) is 0.885. The second-order valence-electron chi connectivity index (χ2n) is 4.09. The molecule has 0 spiro atoms. The predicted octanol–water partition coefficient (Wildman–Crippen LogP) is -0.395. The van der Waals surface area contributed by atoms with Crippen LogP contribution in [0.25, 0.3) is 5.69 Å². The van der Waals surface area contributed by atoms with Gasteiger partial charge in [0.15, 0.2) is 0 Å². The lowest BCUT2D eigenvalue weighted by Gasteiger charge is -2.11. The molecule has 0 amide bonds. The molecule has 0 unspecified atom stereocenters. The summed E-state index contributed by atoms with van der Waals surface area (Å²) in [7, 11) is 0. The van der Waals surface area contributed by atoms with Gasteiger partial charge in [0, 0.05) is 5.75 Å². The Kier molecular flexibility index (Phi) is 3.71. The van der Waals surface area contributed by atoms with Gasteiger partial charge in [-0.3, -0.25) is 0 Å². The maximum Gasteiger partial charge on any atom is 0.143 e. The number of hydrazine groups is 3. The third-order valence-electron chi connectivity index (χ3n) is 2.82. The number of rotatable bonds is 4. The Morgan fingerprint density at radius 3 is 2.89 bits per heavy atom. The van der Waals surface area contributed by atoms with E-state index in [2.05, 4.69) is 56.5 Å². The molecule has 0 aliphatic carbocycles. The van der Waals surface area contributed by atoms with Crippen LogP contribution in [0.5, 0.6) is 0 Å². The average Bonchev–Trinajstić information content (AvgIpc) is 3.11. The van der Waals surface area contributed by atoms with E-state index in [-0.39, 0.29) is 5.50 Å². The summed E-state index contributed by atoms with van der Waals surface area (Å²) in [4.78, 5) is 0. The molecule has 1 saturated heterocycles. The standard InChI is InChI=1S/C10H14N8S/c1-7-2-3-9(18-6-11-14-17-18)4-8(7)5-19-10-12-15-16-13-10/h2-4,6,10,12-13,15-16H,5H2,1H3. The molecule has 0 radical (unpaired) electrons. The van der Waals surface area contributed by atoms with Crippen molar-refractivity contribution in [2.24, 2.45) is 0 Å². The number of nitrogens with zero attached hydrogens (tertiary/aromatic N) is 4. The van der Waals surface area contributed by atoms with E-state index < -0.39 is 0 Å². The molecular weight excluding hydrogens is 264 g/mol. The molecule has 100 valence electrons. The molecule has 1 aromatic heterocycles. The van der Waals surface area contributed by atoms with Gasteiger partial charge in [0.05, 0.1) is 5.69 Å². The second-order valence-corrected chi connectivity index (χ2v) is 5.19. The van der Waals surface area contributed by atoms with Crippen molar-refractivity contribution in [3.63, 3.8) is 0 Å². The Bertz CT molecular complexity index is 536. The SMILES string of the molecule is Cc1ccc(-n2cnnn2)cc1CSC1NNNN1. The Hall–Kier alpha value is -1.52. The first-order chi connectivity index (χ1) is 9.33. The van der Waals surface area contributed by atoms with Crippen LogP contribution in [0.2, 0.25) is 0 Å². The summed E-state index contributed by atoms with van der Waals surface area (Å²) >= 11 is 1.75. The van der Waals surface area contributed by atoms with Crippen LogP contribution in [-0.2, 0) is 5.75 Å². The highest BCUT2D eigenvalue weighted by molar-refractivity contribution is 7.99. The summed E-state index contributed by atoms with van der Waals surface area (Å²) in [6.45, 7) is 2.10. The first kappa shape index (κ1) is 12.5. The van der Waals surface area contributed by atoms with Gasteiger partial charge >= 0.3 is 0 Å². The molecular formula is C10H14N8S. The highest BCUT2D eigenvalue weighted by Gasteiger charge is 2.13. The van der Waals surface area contributed by atoms with Crippen LogP contribution < -0.4 is 21.9 Å². The molecule has 1 aliphatic rings. The lowest BCUT2D eigenvalue weighted by molar-refractivity contribution is 0.556. The van der Waals surface area contributed by atoms with Crippen molar-refractivity contribution in [2.45, 2.75) is 18.2 Å². The summed E-state index contributed by atoms with van der Waals surface area (Å²) in [5, 5.41) is 11.2. The van der Waals surface area contributed by atoms with E-state index in [1.54, 1.807) is 22.8 Å². The summed E-state index contributed by atoms with van der Waals surface area (Å²) in [6.07, 6.45) is 1.59. The fraction of sp³-hybridized carbons (Fsp3) is 0.300. The van der Waals surface area contributed by atoms with Gasteiger partial charge in [0.2, 0.25) is 0 Å². The van der Waals surface area contributed by atoms with Crippen molar-refractivity contribution < 1.29 is 0 Å². The van der Waals surface area contributed by atoms with Gasteiger partial charge < -0.3 is 0 Å². The fourth-order valence-electron chi connectivity index (χ4n) is 1.73. The number of aromatic nitrogens is 4. The highest BCUT2D eigenvalue weighted by atomic mass is 32.2. The van der Waals surface area contributed by atoms with E-state index >= 15 is 0 Å². The van der Waals surface area contributed by atoms with E-state index in [9.17, 15) is 0 Å². The smallest absolute Gasteiger partial charge is 0.143 e. The molecule has 4 N–H and O–H groups in total. The zero-order chi connectivity index (χ0) is 13.1. The monoisotopic (exact) mass is 278 g/mol. The minimum atomic E-state index is 0.135. The number of thioether (sulfide) groups is 1. The maximum absolute atomic E-state index is 3.90. The number of nitrogens with one attached hydrogen (secondary N) is 4. The number of tetrazole rings is 1. The first-order valence-electron chi connectivity index (χ1n) is 5.78. The predicted molar refractivity (Wildman–Crippen MR) is 71.5 cm³/mol. The van der Waals surface area contributed by atoms with E-state index in [0.29, 0.717) is 0 Å². The van der Waals surface area contributed by atoms with Crippen molar-refractivity contribution in [1.82, 2.24) is 42.1 Å². The van der Waals surface area contributed by atoms with Crippen molar-refractivity contribution in [1.29, 1.82) is 0 Å². The molecule has 19 heavy (non-hydrogen) atoms. The van der Waals surface area contributed by atoms with Crippen LogP contribution in [-0.4, -0.2) is 25.7 Å². The third-order valence-corrected chi connectivity index (χ3v) is 3.87. The highest BCUT2D eigenvalue weighted by Crippen LogP contribution is 2.21. The topological polar surface area (TPSA) is 91.7 Å². The van der Waals surface area contributed by atoms with E-state index in [1.807, 2.05) is 6.07 Å². The molecule has 3 rings (SSSR count). The van der Waals surface area contributed by atoms with Crippen molar-refractivity contribution >= 4 is 11.8 Å². The van der Waals surface area contributed by atoms with Gasteiger partial charge in [-0.05, 0) is 40.6 Å². The molecule has 9 heteroatoms. The molecule has 1 aliphatic heterocycles. The Labute approximate surface area is 114 Å². The number of hydrogen-bond donors (Lipinski definition) is 4. The normalized spacial score (nSPS) is 16.1. The molecule has 8 nitrogen and oxygen atoms in total. The van der Waals surface area contributed by atoms with Crippen LogP contribution in [0.4, 0.5) is 0 Å². The number of hydrogen-bond acceptors (Lipinski definition) is 8. The third kappa shape index (κ3) is 2.91. The van der Waals surface area contributed by atoms with E-state index in [0.717, 1.165) is 11.4 Å². The van der Waals surface area contributed by atoms with Crippen molar-refractivity contribution in [3.05, 3.63) is 35.7 Å². The quantitative estimate of drug-likeness (QED) is 0.601. The lowest BCUT2D eigenvalue weighted by Crippen LogP contribution is -2.33. The van der Waals surface area contributed by atoms with Crippen LogP contribution in [0.3, 0.4) is 0 Å². The van der Waals surface area contributed by atoms with E-state index in [1.165, 1.54) is 11.1 Å². The summed E-state index contributed by atoms with van der Waals surface area (Å²) in [5.41, 5.74) is 15.3. The fourth-order valence-corrected chi connectivity index (χ4v) is 2.67. The maximum atomic E-state index is 3.90. The van der Waals surface area contributed by atoms with Crippen molar-refractivity contribution in [3.8, 4) is 5.69 Å². The van der Waals surface area contributed by atoms with Crippen LogP contribution in [0.15, 0.2) is 24.5 Å². The van der Waals surface area contributed by atoms with Crippen LogP contribution in [0, 0.1) is 6.92 Å². The summed E-state index contributed by atoms with van der Waals surface area (Å²) in [6, 6.07) is 6.20. The van der Waals surface area contributed by atoms with Gasteiger partial charge in [-0.25, -0.2) is 15.5 Å². The molecule has 0 bridgehead atoms. The number of aryl methyl sites for hydroxylation is 1. The molecule has 0 atom stereocenters. The first-order valence-corrected chi connectivity index (χ1v) is 6.83. The second kappa shape index (κ2) is 5.63. The van der Waals surface area contributed by atoms with Gasteiger partial charge in [-0.2, -0.15) is 11.1 Å². The Balaban J connectivity index is 1.74. The van der Waals surface area contributed by atoms with Gasteiger partial charge in [0.25, 0.3) is 0 Å². The minimum absolute atomic E-state index is 0.135. The van der Waals surface area contributed by atoms with Gasteiger partial charge in [0.1, 0.15) is 11.8 Å². The molecule has 1 fully saturated rings. The molecule has 2 aromatic rings. The zero-order valence-electron chi connectivity index (χ0n) is 10.3. The van der Waals surface area contributed by atoms with Crippen LogP contribution >= 0.6 is 11.8 Å². The minimum Gasteiger partial charge on any atom is -0.215 e. The zero-order valence-corrected chi connectivity index (χ0v) is 11.1.